The van der Waals surface area contributed by atoms with Gasteiger partial charge in [0.25, 0.3) is 0 Å². The van der Waals surface area contributed by atoms with Crippen molar-refractivity contribution in [3.63, 3.8) is 0 Å². The summed E-state index contributed by atoms with van der Waals surface area (Å²) in [5.41, 5.74) is 4.48. The zero-order chi connectivity index (χ0) is 23.4. The lowest BCUT2D eigenvalue weighted by molar-refractivity contribution is 0.0929. The van der Waals surface area contributed by atoms with E-state index in [1.807, 2.05) is 18.2 Å². The summed E-state index contributed by atoms with van der Waals surface area (Å²) >= 11 is 5.52. The molecule has 0 saturated heterocycles. The van der Waals surface area contributed by atoms with Crippen LogP contribution >= 0.6 is 38.5 Å². The Kier molecular flexibility index (Phi) is 7.29. The van der Waals surface area contributed by atoms with Gasteiger partial charge >= 0.3 is 5.91 Å². The van der Waals surface area contributed by atoms with Crippen molar-refractivity contribution in [1.82, 2.24) is 5.43 Å². The summed E-state index contributed by atoms with van der Waals surface area (Å²) in [5.74, 6) is 0.414. The molecule has 0 spiro atoms. The average Bonchev–Trinajstić information content (AvgIpc) is 3.21. The molecule has 3 aromatic carbocycles. The first kappa shape index (κ1) is 23.2. The molecule has 0 fully saturated rings. The number of nitrogens with one attached hydrogen (secondary N) is 1. The smallest absolute Gasteiger partial charge is 0.307 e. The number of carbonyl (C=O) groups is 1. The maximum absolute atomic E-state index is 13.4. The van der Waals surface area contributed by atoms with Crippen molar-refractivity contribution in [2.45, 2.75) is 6.61 Å². The zero-order valence-corrected chi connectivity index (χ0v) is 21.0. The topological polar surface area (TPSA) is 73.1 Å². The number of hydrogen-bond acceptors (Lipinski definition) is 5. The molecule has 1 heterocycles. The Bertz CT molecular complexity index is 1360. The minimum atomic E-state index is -0.463. The van der Waals surface area contributed by atoms with Crippen LogP contribution in [0.15, 0.2) is 74.7 Å². The number of furan rings is 1. The summed E-state index contributed by atoms with van der Waals surface area (Å²) in [6.07, 6.45) is 1.50. The fourth-order valence-corrected chi connectivity index (χ4v) is 4.24. The molecule has 0 aliphatic rings. The number of methoxy groups -OCH3 is 1. The van der Waals surface area contributed by atoms with Crippen LogP contribution in [-0.4, -0.2) is 19.2 Å². The average molecular weight is 623 g/mol. The van der Waals surface area contributed by atoms with Crippen molar-refractivity contribution in [1.29, 1.82) is 0 Å². The van der Waals surface area contributed by atoms with Crippen LogP contribution in [0.1, 0.15) is 21.7 Å². The number of nitrogens with zero attached hydrogens (tertiary/aromatic N) is 1. The third-order valence-corrected chi connectivity index (χ3v) is 5.90. The summed E-state index contributed by atoms with van der Waals surface area (Å²) in [7, 11) is 1.53. The first-order valence-corrected chi connectivity index (χ1v) is 11.6. The lowest BCUT2D eigenvalue weighted by Gasteiger charge is -2.13. The fourth-order valence-electron chi connectivity index (χ4n) is 3.08. The van der Waals surface area contributed by atoms with E-state index >= 15 is 0 Å². The van der Waals surface area contributed by atoms with Gasteiger partial charge < -0.3 is 13.9 Å². The third kappa shape index (κ3) is 5.72. The van der Waals surface area contributed by atoms with E-state index in [2.05, 4.69) is 49.0 Å². The van der Waals surface area contributed by atoms with Gasteiger partial charge in [0, 0.05) is 9.86 Å². The Morgan fingerprint density at radius 3 is 2.85 bits per heavy atom. The molecule has 33 heavy (non-hydrogen) atoms. The number of halogens is 3. The molecular formula is C24H17BrFIN2O4. The molecular weight excluding hydrogens is 606 g/mol. The largest absolute Gasteiger partial charge is 0.493 e. The van der Waals surface area contributed by atoms with Gasteiger partial charge in [-0.1, -0.05) is 28.1 Å². The van der Waals surface area contributed by atoms with Gasteiger partial charge in [-0.05, 0) is 82.2 Å². The highest BCUT2D eigenvalue weighted by molar-refractivity contribution is 14.1. The van der Waals surface area contributed by atoms with E-state index in [0.29, 0.717) is 28.2 Å². The summed E-state index contributed by atoms with van der Waals surface area (Å²) < 4.78 is 31.9. The Hall–Kier alpha value is -2.92. The number of ether oxygens (including phenoxy) is 2. The van der Waals surface area contributed by atoms with Gasteiger partial charge in [0.05, 0.1) is 16.9 Å². The Balaban J connectivity index is 1.44. The van der Waals surface area contributed by atoms with Gasteiger partial charge in [-0.2, -0.15) is 5.10 Å². The highest BCUT2D eigenvalue weighted by Gasteiger charge is 2.13. The number of hydrogen-bond donors (Lipinski definition) is 1. The van der Waals surface area contributed by atoms with Crippen molar-refractivity contribution in [3.05, 3.63) is 91.4 Å². The monoisotopic (exact) mass is 622 g/mol. The molecule has 6 nitrogen and oxygen atoms in total. The molecule has 9 heteroatoms. The highest BCUT2D eigenvalue weighted by Crippen LogP contribution is 2.34. The molecule has 0 unspecified atom stereocenters. The van der Waals surface area contributed by atoms with E-state index in [1.165, 1.54) is 25.5 Å². The summed E-state index contributed by atoms with van der Waals surface area (Å²) in [4.78, 5) is 12.4. The summed E-state index contributed by atoms with van der Waals surface area (Å²) in [6, 6.07) is 16.9. The molecule has 168 valence electrons. The maximum Gasteiger partial charge on any atom is 0.307 e. The van der Waals surface area contributed by atoms with Crippen LogP contribution in [0.3, 0.4) is 0 Å². The van der Waals surface area contributed by atoms with Crippen molar-refractivity contribution in [2.24, 2.45) is 5.10 Å². The molecule has 4 rings (SSSR count). The molecule has 0 bridgehead atoms. The number of benzene rings is 3. The van der Waals surface area contributed by atoms with E-state index in [0.717, 1.165) is 13.4 Å². The van der Waals surface area contributed by atoms with Gasteiger partial charge in [-0.15, -0.1) is 0 Å². The second-order valence-corrected chi connectivity index (χ2v) is 9.02. The number of hydrazone groups is 1. The minimum Gasteiger partial charge on any atom is -0.493 e. The van der Waals surface area contributed by atoms with Crippen LogP contribution in [0.4, 0.5) is 4.39 Å². The maximum atomic E-state index is 13.4. The standard InChI is InChI=1S/C24H17BrFIN2O4/c1-31-21-9-15(8-19(27)23(21)32-13-14-3-2-4-18(26)7-14)12-28-29-24(30)22-11-16-10-17(25)5-6-20(16)33-22/h2-12H,13H2,1H3,(H,29,30)/b28-12+. The lowest BCUT2D eigenvalue weighted by atomic mass is 10.2. The quantitative estimate of drug-likeness (QED) is 0.149. The van der Waals surface area contributed by atoms with Crippen molar-refractivity contribution in [2.75, 3.05) is 7.11 Å². The van der Waals surface area contributed by atoms with Crippen LogP contribution < -0.4 is 14.9 Å². The first-order valence-electron chi connectivity index (χ1n) is 9.70. The molecule has 0 atom stereocenters. The molecule has 0 aliphatic heterocycles. The second kappa shape index (κ2) is 10.3. The molecule has 0 aliphatic carbocycles. The first-order chi connectivity index (χ1) is 15.9. The number of carbonyl (C=O) groups excluding carboxylic acids is 1. The van der Waals surface area contributed by atoms with Gasteiger partial charge in [0.1, 0.15) is 18.0 Å². The summed E-state index contributed by atoms with van der Waals surface area (Å²) in [5, 5.41) is 4.83. The Morgan fingerprint density at radius 2 is 2.06 bits per heavy atom. The zero-order valence-electron chi connectivity index (χ0n) is 17.3. The molecule has 1 amide bonds. The Labute approximate surface area is 211 Å². The lowest BCUT2D eigenvalue weighted by Crippen LogP contribution is -2.16. The molecule has 4 aromatic rings. The molecule has 1 aromatic heterocycles. The van der Waals surface area contributed by atoms with Crippen molar-refractivity contribution < 1.29 is 23.1 Å². The predicted octanol–water partition coefficient (Wildman–Crippen LogP) is 6.29. The second-order valence-electron chi connectivity index (χ2n) is 6.94. The van der Waals surface area contributed by atoms with Crippen LogP contribution in [0.2, 0.25) is 0 Å². The van der Waals surface area contributed by atoms with E-state index in [9.17, 15) is 9.18 Å². The normalized spacial score (nSPS) is 11.2. The third-order valence-electron chi connectivity index (χ3n) is 4.61. The fraction of sp³-hybridized carbons (Fsp3) is 0.0833. The highest BCUT2D eigenvalue weighted by atomic mass is 127. The van der Waals surface area contributed by atoms with Gasteiger partial charge in [0.15, 0.2) is 17.3 Å². The SMILES string of the molecule is COc1cc(/C=N/NC(=O)c2cc3cc(Br)ccc3o2)cc(I)c1OCc1cccc(F)c1. The van der Waals surface area contributed by atoms with Crippen LogP contribution in [0.25, 0.3) is 11.0 Å². The molecule has 0 radical (unpaired) electrons. The van der Waals surface area contributed by atoms with Gasteiger partial charge in [-0.25, -0.2) is 9.82 Å². The van der Waals surface area contributed by atoms with Crippen LogP contribution in [0.5, 0.6) is 11.5 Å². The van der Waals surface area contributed by atoms with Gasteiger partial charge in [0.2, 0.25) is 0 Å². The summed E-state index contributed by atoms with van der Waals surface area (Å²) in [6.45, 7) is 0.196. The minimum absolute atomic E-state index is 0.161. The number of fused-ring (bicyclic) bond motifs is 1. The number of amides is 1. The predicted molar refractivity (Wildman–Crippen MR) is 135 cm³/mol. The van der Waals surface area contributed by atoms with E-state index in [1.54, 1.807) is 30.3 Å². The van der Waals surface area contributed by atoms with Crippen LogP contribution in [0, 0.1) is 9.39 Å². The van der Waals surface area contributed by atoms with Gasteiger partial charge in [-0.3, -0.25) is 4.79 Å². The molecule has 0 saturated carbocycles. The van der Waals surface area contributed by atoms with Crippen molar-refractivity contribution in [3.8, 4) is 11.5 Å². The van der Waals surface area contributed by atoms with Crippen molar-refractivity contribution >= 4 is 61.6 Å². The van der Waals surface area contributed by atoms with E-state index in [4.69, 9.17) is 13.9 Å². The van der Waals surface area contributed by atoms with E-state index < -0.39 is 5.91 Å². The van der Waals surface area contributed by atoms with Crippen LogP contribution in [-0.2, 0) is 6.61 Å². The van der Waals surface area contributed by atoms with E-state index in [-0.39, 0.29) is 18.2 Å². The number of rotatable bonds is 7. The Morgan fingerprint density at radius 1 is 1.21 bits per heavy atom. The molecule has 1 N–H and O–H groups in total.